The van der Waals surface area contributed by atoms with Crippen molar-refractivity contribution in [1.29, 1.82) is 0 Å². The van der Waals surface area contributed by atoms with Crippen LogP contribution < -0.4 is 10.2 Å². The number of hydrogen-bond acceptors (Lipinski definition) is 4. The van der Waals surface area contributed by atoms with Gasteiger partial charge >= 0.3 is 0 Å². The topological polar surface area (TPSA) is 65.5 Å². The van der Waals surface area contributed by atoms with Crippen molar-refractivity contribution in [3.8, 4) is 0 Å². The minimum atomic E-state index is -0.181. The smallest absolute Gasteiger partial charge is 0.254 e. The van der Waals surface area contributed by atoms with E-state index in [0.717, 1.165) is 75.0 Å². The van der Waals surface area contributed by atoms with Gasteiger partial charge in [-0.2, -0.15) is 0 Å². The highest BCUT2D eigenvalue weighted by atomic mass is 35.5. The Labute approximate surface area is 222 Å². The SMILES string of the molecule is O=C(N[C@@H]1CCc2c(C(=O)N3CCC4(CCN(c5ccncc5)CC4)C3)cccc21)c1ccccc1Cl. The molecule has 0 bridgehead atoms. The fourth-order valence-electron chi connectivity index (χ4n) is 6.37. The summed E-state index contributed by atoms with van der Waals surface area (Å²) in [7, 11) is 0. The van der Waals surface area contributed by atoms with Gasteiger partial charge in [0.05, 0.1) is 16.6 Å². The second-order valence-corrected chi connectivity index (χ2v) is 11.0. The third-order valence-corrected chi connectivity index (χ3v) is 8.83. The molecule has 3 aliphatic rings. The fraction of sp³-hybridized carbons (Fsp3) is 0.367. The van der Waals surface area contributed by atoms with Gasteiger partial charge in [0.1, 0.15) is 0 Å². The lowest BCUT2D eigenvalue weighted by Gasteiger charge is -2.40. The minimum Gasteiger partial charge on any atom is -0.371 e. The van der Waals surface area contributed by atoms with Crippen molar-refractivity contribution in [2.24, 2.45) is 5.41 Å². The van der Waals surface area contributed by atoms with Gasteiger partial charge in [-0.1, -0.05) is 35.9 Å². The molecule has 0 saturated carbocycles. The zero-order valence-electron chi connectivity index (χ0n) is 20.8. The number of anilines is 1. The van der Waals surface area contributed by atoms with Crippen LogP contribution in [0.5, 0.6) is 0 Å². The second kappa shape index (κ2) is 9.82. The summed E-state index contributed by atoms with van der Waals surface area (Å²) in [4.78, 5) is 35.2. The first-order valence-corrected chi connectivity index (χ1v) is 13.5. The van der Waals surface area contributed by atoms with E-state index in [1.54, 1.807) is 12.1 Å². The molecule has 1 N–H and O–H groups in total. The summed E-state index contributed by atoms with van der Waals surface area (Å²) in [5, 5.41) is 3.58. The first-order valence-electron chi connectivity index (χ1n) is 13.1. The normalized spacial score (nSPS) is 20.2. The number of carbonyl (C=O) groups excluding carboxylic acids is 2. The molecule has 1 aliphatic carbocycles. The molecular weight excluding hydrogens is 484 g/mol. The summed E-state index contributed by atoms with van der Waals surface area (Å²) < 4.78 is 0. The average molecular weight is 515 g/mol. The van der Waals surface area contributed by atoms with Crippen LogP contribution in [0.25, 0.3) is 0 Å². The largest absolute Gasteiger partial charge is 0.371 e. The molecule has 0 radical (unpaired) electrons. The van der Waals surface area contributed by atoms with Crippen LogP contribution in [0.1, 0.15) is 63.6 Å². The first kappa shape index (κ1) is 24.0. The van der Waals surface area contributed by atoms with Crippen LogP contribution in [0, 0.1) is 5.41 Å². The number of nitrogens with one attached hydrogen (secondary N) is 1. The Kier molecular flexibility index (Phi) is 6.37. The van der Waals surface area contributed by atoms with Crippen molar-refractivity contribution in [3.05, 3.63) is 94.3 Å². The molecule has 6 nitrogen and oxygen atoms in total. The number of carbonyl (C=O) groups is 2. The third kappa shape index (κ3) is 4.59. The van der Waals surface area contributed by atoms with Crippen molar-refractivity contribution in [1.82, 2.24) is 15.2 Å². The van der Waals surface area contributed by atoms with Crippen LogP contribution in [0.4, 0.5) is 5.69 Å². The molecule has 0 unspecified atom stereocenters. The number of likely N-dealkylation sites (tertiary alicyclic amines) is 1. The molecule has 1 aromatic heterocycles. The van der Waals surface area contributed by atoms with Crippen LogP contribution >= 0.6 is 11.6 Å². The van der Waals surface area contributed by atoms with Crippen molar-refractivity contribution < 1.29 is 9.59 Å². The maximum atomic E-state index is 13.7. The third-order valence-electron chi connectivity index (χ3n) is 8.50. The van der Waals surface area contributed by atoms with E-state index in [1.807, 2.05) is 42.7 Å². The predicted molar refractivity (Wildman–Crippen MR) is 145 cm³/mol. The van der Waals surface area contributed by atoms with E-state index >= 15 is 0 Å². The quantitative estimate of drug-likeness (QED) is 0.514. The van der Waals surface area contributed by atoms with E-state index in [-0.39, 0.29) is 23.3 Å². The molecular formula is C30H31ClN4O2. The summed E-state index contributed by atoms with van der Waals surface area (Å²) in [6, 6.07) is 17.1. The van der Waals surface area contributed by atoms with Crippen molar-refractivity contribution >= 4 is 29.1 Å². The number of nitrogens with zero attached hydrogens (tertiary/aromatic N) is 3. The van der Waals surface area contributed by atoms with E-state index < -0.39 is 0 Å². The molecule has 190 valence electrons. The highest BCUT2D eigenvalue weighted by Crippen LogP contribution is 2.42. The summed E-state index contributed by atoms with van der Waals surface area (Å²) >= 11 is 6.23. The molecule has 2 aliphatic heterocycles. The Morgan fingerprint density at radius 1 is 0.919 bits per heavy atom. The van der Waals surface area contributed by atoms with Crippen molar-refractivity contribution in [2.75, 3.05) is 31.1 Å². The molecule has 2 saturated heterocycles. The number of amides is 2. The predicted octanol–water partition coefficient (Wildman–Crippen LogP) is 5.29. The van der Waals surface area contributed by atoms with Crippen LogP contribution in [0.15, 0.2) is 67.0 Å². The van der Waals surface area contributed by atoms with Crippen LogP contribution in [-0.2, 0) is 6.42 Å². The fourth-order valence-corrected chi connectivity index (χ4v) is 6.59. The Morgan fingerprint density at radius 3 is 2.43 bits per heavy atom. The van der Waals surface area contributed by atoms with Gasteiger partial charge in [-0.25, -0.2) is 0 Å². The summed E-state index contributed by atoms with van der Waals surface area (Å²) in [5.74, 6) is -0.0526. The summed E-state index contributed by atoms with van der Waals surface area (Å²) in [6.07, 6.45) is 8.52. The lowest BCUT2D eigenvalue weighted by molar-refractivity contribution is 0.0763. The van der Waals surface area contributed by atoms with Crippen molar-refractivity contribution in [3.63, 3.8) is 0 Å². The van der Waals surface area contributed by atoms with E-state index in [2.05, 4.69) is 32.2 Å². The number of piperidine rings is 1. The van der Waals surface area contributed by atoms with Gasteiger partial charge in [0, 0.05) is 49.8 Å². The van der Waals surface area contributed by atoms with Gasteiger partial charge in [0.2, 0.25) is 0 Å². The van der Waals surface area contributed by atoms with Gasteiger partial charge in [0.25, 0.3) is 11.8 Å². The number of fused-ring (bicyclic) bond motifs is 1. The zero-order chi connectivity index (χ0) is 25.4. The molecule has 2 amide bonds. The summed E-state index contributed by atoms with van der Waals surface area (Å²) in [5.41, 5.74) is 4.83. The van der Waals surface area contributed by atoms with Gasteiger partial charge in [0.15, 0.2) is 0 Å². The van der Waals surface area contributed by atoms with E-state index in [0.29, 0.717) is 10.6 Å². The van der Waals surface area contributed by atoms with Crippen LogP contribution in [-0.4, -0.2) is 47.9 Å². The number of hydrogen-bond donors (Lipinski definition) is 1. The molecule has 7 heteroatoms. The highest BCUT2D eigenvalue weighted by Gasteiger charge is 2.43. The van der Waals surface area contributed by atoms with Crippen LogP contribution in [0.3, 0.4) is 0 Å². The minimum absolute atomic E-state index is 0.117. The Morgan fingerprint density at radius 2 is 1.65 bits per heavy atom. The molecule has 2 fully saturated rings. The molecule has 6 rings (SSSR count). The zero-order valence-corrected chi connectivity index (χ0v) is 21.6. The summed E-state index contributed by atoms with van der Waals surface area (Å²) in [6.45, 7) is 3.66. The second-order valence-electron chi connectivity index (χ2n) is 10.6. The number of rotatable bonds is 4. The number of aromatic nitrogens is 1. The highest BCUT2D eigenvalue weighted by molar-refractivity contribution is 6.33. The Balaban J connectivity index is 1.13. The number of pyridine rings is 1. The standard InChI is InChI=1S/C30H31ClN4O2/c31-26-7-2-1-4-25(26)28(36)33-27-9-8-22-23(27)5-3-6-24(22)29(37)35-19-14-30(20-35)12-17-34(18-13-30)21-10-15-32-16-11-21/h1-7,10-11,15-16,27H,8-9,12-14,17-20H2,(H,33,36)/t27-/m1/s1. The van der Waals surface area contributed by atoms with E-state index in [4.69, 9.17) is 11.6 Å². The molecule has 3 aromatic rings. The number of halogens is 1. The van der Waals surface area contributed by atoms with Crippen LogP contribution in [0.2, 0.25) is 5.02 Å². The van der Waals surface area contributed by atoms with E-state index in [9.17, 15) is 9.59 Å². The van der Waals surface area contributed by atoms with Gasteiger partial charge < -0.3 is 15.1 Å². The average Bonchev–Trinajstić information content (AvgIpc) is 3.54. The molecule has 1 spiro atoms. The Bertz CT molecular complexity index is 1320. The van der Waals surface area contributed by atoms with Gasteiger partial charge in [-0.15, -0.1) is 0 Å². The Hall–Kier alpha value is -3.38. The van der Waals surface area contributed by atoms with Gasteiger partial charge in [-0.3, -0.25) is 14.6 Å². The first-order chi connectivity index (χ1) is 18.0. The lowest BCUT2D eigenvalue weighted by atomic mass is 9.77. The maximum Gasteiger partial charge on any atom is 0.254 e. The molecule has 2 aromatic carbocycles. The lowest BCUT2D eigenvalue weighted by Crippen LogP contribution is -2.42. The molecule has 3 heterocycles. The maximum absolute atomic E-state index is 13.7. The number of benzene rings is 2. The van der Waals surface area contributed by atoms with E-state index in [1.165, 1.54) is 5.69 Å². The molecule has 1 atom stereocenters. The molecule has 37 heavy (non-hydrogen) atoms. The van der Waals surface area contributed by atoms with Crippen molar-refractivity contribution in [2.45, 2.75) is 38.1 Å². The van der Waals surface area contributed by atoms with Gasteiger partial charge in [-0.05, 0) is 79.0 Å². The monoisotopic (exact) mass is 514 g/mol.